The molecule has 21 heavy (non-hydrogen) atoms. The molecule has 0 aliphatic heterocycles. The molecule has 0 fully saturated rings. The number of hydrogen-bond donors (Lipinski definition) is 1. The Morgan fingerprint density at radius 1 is 1.29 bits per heavy atom. The maximum Gasteiger partial charge on any atom is 0.145 e. The Labute approximate surface area is 121 Å². The van der Waals surface area contributed by atoms with Gasteiger partial charge in [0, 0.05) is 18.7 Å². The largest absolute Gasteiger partial charge is 0.497 e. The zero-order chi connectivity index (χ0) is 14.8. The summed E-state index contributed by atoms with van der Waals surface area (Å²) in [6, 6.07) is 11.3. The summed E-state index contributed by atoms with van der Waals surface area (Å²) in [5, 5.41) is 12.1. The Morgan fingerprint density at radius 3 is 2.67 bits per heavy atom. The van der Waals surface area contributed by atoms with E-state index in [0.29, 0.717) is 11.3 Å². The van der Waals surface area contributed by atoms with Gasteiger partial charge in [0.2, 0.25) is 0 Å². The highest BCUT2D eigenvalue weighted by atomic mass is 16.5. The van der Waals surface area contributed by atoms with Crippen molar-refractivity contribution in [3.63, 3.8) is 0 Å². The Hall–Kier alpha value is -3.07. The van der Waals surface area contributed by atoms with Gasteiger partial charge in [-0.15, -0.1) is 0 Å². The van der Waals surface area contributed by atoms with E-state index >= 15 is 0 Å². The van der Waals surface area contributed by atoms with Crippen LogP contribution in [0.15, 0.2) is 36.7 Å². The van der Waals surface area contributed by atoms with Gasteiger partial charge in [-0.25, -0.2) is 9.97 Å². The van der Waals surface area contributed by atoms with Crippen molar-refractivity contribution in [3.05, 3.63) is 42.4 Å². The number of nitriles is 1. The average molecular weight is 279 g/mol. The second-order valence-electron chi connectivity index (χ2n) is 4.40. The van der Waals surface area contributed by atoms with Crippen molar-refractivity contribution < 1.29 is 4.74 Å². The first-order chi connectivity index (χ1) is 10.3. The molecular weight excluding hydrogens is 266 g/mol. The summed E-state index contributed by atoms with van der Waals surface area (Å²) in [6.07, 6.45) is 1.60. The maximum absolute atomic E-state index is 8.93. The van der Waals surface area contributed by atoms with Gasteiger partial charge in [-0.05, 0) is 24.3 Å². The lowest BCUT2D eigenvalue weighted by atomic mass is 10.1. The van der Waals surface area contributed by atoms with Crippen LogP contribution >= 0.6 is 0 Å². The standard InChI is InChI=1S/C15H13N5O/c1-17-15-14(10-3-5-12(21-2)6-4-10)19-13-7-11(8-16)18-9-20(13)15/h3-7,9,17H,1-2H3. The van der Waals surface area contributed by atoms with Crippen LogP contribution in [0.1, 0.15) is 5.69 Å². The van der Waals surface area contributed by atoms with Gasteiger partial charge in [0.05, 0.1) is 7.11 Å². The molecule has 0 unspecified atom stereocenters. The van der Waals surface area contributed by atoms with Crippen LogP contribution < -0.4 is 10.1 Å². The van der Waals surface area contributed by atoms with Gasteiger partial charge in [0.1, 0.15) is 41.0 Å². The Morgan fingerprint density at radius 2 is 2.05 bits per heavy atom. The quantitative estimate of drug-likeness (QED) is 0.796. The SMILES string of the molecule is CNc1c(-c2ccc(OC)cc2)nc2cc(C#N)ncn12. The van der Waals surface area contributed by atoms with E-state index in [4.69, 9.17) is 10.00 Å². The molecule has 1 aromatic carbocycles. The van der Waals surface area contributed by atoms with Gasteiger partial charge in [-0.2, -0.15) is 5.26 Å². The monoisotopic (exact) mass is 279 g/mol. The van der Waals surface area contributed by atoms with Gasteiger partial charge in [0.25, 0.3) is 0 Å². The molecule has 3 aromatic rings. The van der Waals surface area contributed by atoms with Crippen molar-refractivity contribution >= 4 is 11.5 Å². The first-order valence-corrected chi connectivity index (χ1v) is 6.37. The summed E-state index contributed by atoms with van der Waals surface area (Å²) in [5.41, 5.74) is 2.78. The van der Waals surface area contributed by atoms with Gasteiger partial charge >= 0.3 is 0 Å². The summed E-state index contributed by atoms with van der Waals surface area (Å²) < 4.78 is 6.98. The first kappa shape index (κ1) is 12.9. The van der Waals surface area contributed by atoms with E-state index in [1.807, 2.05) is 41.8 Å². The molecule has 0 atom stereocenters. The lowest BCUT2D eigenvalue weighted by Crippen LogP contribution is -1.97. The lowest BCUT2D eigenvalue weighted by Gasteiger charge is -2.04. The summed E-state index contributed by atoms with van der Waals surface area (Å²) in [4.78, 5) is 8.66. The molecule has 0 aliphatic rings. The number of nitrogens with one attached hydrogen (secondary N) is 1. The van der Waals surface area contributed by atoms with E-state index in [1.165, 1.54) is 0 Å². The summed E-state index contributed by atoms with van der Waals surface area (Å²) >= 11 is 0. The molecule has 2 heterocycles. The fourth-order valence-corrected chi connectivity index (χ4v) is 2.20. The normalized spacial score (nSPS) is 10.3. The molecule has 0 spiro atoms. The zero-order valence-corrected chi connectivity index (χ0v) is 11.7. The lowest BCUT2D eigenvalue weighted by molar-refractivity contribution is 0.415. The van der Waals surface area contributed by atoms with Crippen LogP contribution in [0.2, 0.25) is 0 Å². The van der Waals surface area contributed by atoms with Crippen molar-refractivity contribution in [1.82, 2.24) is 14.4 Å². The van der Waals surface area contributed by atoms with Crippen molar-refractivity contribution in [2.75, 3.05) is 19.5 Å². The number of nitrogens with zero attached hydrogens (tertiary/aromatic N) is 4. The van der Waals surface area contributed by atoms with E-state index in [9.17, 15) is 0 Å². The van der Waals surface area contributed by atoms with Crippen molar-refractivity contribution in [2.24, 2.45) is 0 Å². The van der Waals surface area contributed by atoms with Crippen LogP contribution in [0.3, 0.4) is 0 Å². The van der Waals surface area contributed by atoms with Crippen molar-refractivity contribution in [2.45, 2.75) is 0 Å². The molecule has 6 heteroatoms. The molecule has 104 valence electrons. The van der Waals surface area contributed by atoms with E-state index < -0.39 is 0 Å². The minimum absolute atomic E-state index is 0.344. The van der Waals surface area contributed by atoms with Crippen molar-refractivity contribution in [3.8, 4) is 23.1 Å². The molecule has 0 saturated carbocycles. The highest BCUT2D eigenvalue weighted by Crippen LogP contribution is 2.29. The maximum atomic E-state index is 8.93. The van der Waals surface area contributed by atoms with E-state index in [-0.39, 0.29) is 0 Å². The fraction of sp³-hybridized carbons (Fsp3) is 0.133. The number of ether oxygens (including phenoxy) is 1. The van der Waals surface area contributed by atoms with Gasteiger partial charge in [0.15, 0.2) is 0 Å². The number of imidazole rings is 1. The average Bonchev–Trinajstić information content (AvgIpc) is 2.92. The Kier molecular flexibility index (Phi) is 3.16. The van der Waals surface area contributed by atoms with Crippen LogP contribution in [0.25, 0.3) is 16.9 Å². The molecule has 0 aliphatic carbocycles. The number of benzene rings is 1. The number of aromatic nitrogens is 3. The second kappa shape index (κ2) is 5.13. The summed E-state index contributed by atoms with van der Waals surface area (Å²) in [7, 11) is 3.46. The predicted octanol–water partition coefficient (Wildman–Crippen LogP) is 2.32. The number of methoxy groups -OCH3 is 1. The van der Waals surface area contributed by atoms with E-state index in [0.717, 1.165) is 22.8 Å². The van der Waals surface area contributed by atoms with Crippen LogP contribution in [0.5, 0.6) is 5.75 Å². The third-order valence-corrected chi connectivity index (χ3v) is 3.23. The Balaban J connectivity index is 2.18. The molecule has 1 N–H and O–H groups in total. The minimum Gasteiger partial charge on any atom is -0.497 e. The topological polar surface area (TPSA) is 75.2 Å². The van der Waals surface area contributed by atoms with Crippen LogP contribution in [0.4, 0.5) is 5.82 Å². The van der Waals surface area contributed by atoms with Crippen LogP contribution in [0, 0.1) is 11.3 Å². The molecule has 6 nitrogen and oxygen atoms in total. The van der Waals surface area contributed by atoms with E-state index in [1.54, 1.807) is 19.5 Å². The second-order valence-corrected chi connectivity index (χ2v) is 4.40. The van der Waals surface area contributed by atoms with Crippen LogP contribution in [-0.2, 0) is 0 Å². The molecule has 0 bridgehead atoms. The third kappa shape index (κ3) is 2.15. The predicted molar refractivity (Wildman–Crippen MR) is 79.2 cm³/mol. The Bertz CT molecular complexity index is 830. The molecular formula is C15H13N5O. The number of fused-ring (bicyclic) bond motifs is 1. The zero-order valence-electron chi connectivity index (χ0n) is 11.7. The molecule has 0 amide bonds. The molecule has 0 saturated heterocycles. The fourth-order valence-electron chi connectivity index (χ4n) is 2.20. The number of hydrogen-bond acceptors (Lipinski definition) is 5. The molecule has 0 radical (unpaired) electrons. The van der Waals surface area contributed by atoms with E-state index in [2.05, 4.69) is 15.3 Å². The van der Waals surface area contributed by atoms with Gasteiger partial charge in [-0.3, -0.25) is 4.40 Å². The summed E-state index contributed by atoms with van der Waals surface area (Å²) in [5.74, 6) is 1.62. The first-order valence-electron chi connectivity index (χ1n) is 6.37. The number of anilines is 1. The van der Waals surface area contributed by atoms with Gasteiger partial charge < -0.3 is 10.1 Å². The number of rotatable bonds is 3. The minimum atomic E-state index is 0.344. The third-order valence-electron chi connectivity index (χ3n) is 3.23. The van der Waals surface area contributed by atoms with Crippen LogP contribution in [-0.4, -0.2) is 28.5 Å². The molecule has 2 aromatic heterocycles. The smallest absolute Gasteiger partial charge is 0.145 e. The summed E-state index contributed by atoms with van der Waals surface area (Å²) in [6.45, 7) is 0. The van der Waals surface area contributed by atoms with Gasteiger partial charge in [-0.1, -0.05) is 0 Å². The molecule has 3 rings (SSSR count). The highest BCUT2D eigenvalue weighted by molar-refractivity contribution is 5.76. The highest BCUT2D eigenvalue weighted by Gasteiger charge is 2.13. The van der Waals surface area contributed by atoms with Crippen molar-refractivity contribution in [1.29, 1.82) is 5.26 Å².